The van der Waals surface area contributed by atoms with Crippen molar-refractivity contribution in [3.63, 3.8) is 0 Å². The second-order valence-corrected chi connectivity index (χ2v) is 10.4. The van der Waals surface area contributed by atoms with E-state index in [-0.39, 0.29) is 16.4 Å². The second-order valence-electron chi connectivity index (χ2n) is 7.18. The SMILES string of the molecule is CCCc1cc(=O)[nH]c(S[C@H](C)C(=O)Nc2ccc(S(=O)(=O)N3CCCC3)cc2)n1. The monoisotopic (exact) mass is 450 g/mol. The Morgan fingerprint density at radius 2 is 1.93 bits per heavy atom. The predicted octanol–water partition coefficient (Wildman–Crippen LogP) is 2.63. The van der Waals surface area contributed by atoms with Gasteiger partial charge in [0.1, 0.15) is 0 Å². The number of aryl methyl sites for hydroxylation is 1. The molecule has 10 heteroatoms. The van der Waals surface area contributed by atoms with Crippen LogP contribution < -0.4 is 10.9 Å². The van der Waals surface area contributed by atoms with Gasteiger partial charge in [-0.2, -0.15) is 4.31 Å². The van der Waals surface area contributed by atoms with E-state index in [0.717, 1.165) is 19.3 Å². The van der Waals surface area contributed by atoms with E-state index in [2.05, 4.69) is 15.3 Å². The number of benzene rings is 1. The summed E-state index contributed by atoms with van der Waals surface area (Å²) in [5.74, 6) is -0.265. The summed E-state index contributed by atoms with van der Waals surface area (Å²) >= 11 is 1.17. The van der Waals surface area contributed by atoms with Gasteiger partial charge in [-0.25, -0.2) is 13.4 Å². The Bertz CT molecular complexity index is 1050. The molecule has 1 aliphatic rings. The number of aromatic nitrogens is 2. The number of hydrogen-bond acceptors (Lipinski definition) is 6. The molecule has 30 heavy (non-hydrogen) atoms. The normalized spacial score (nSPS) is 15.8. The van der Waals surface area contributed by atoms with Crippen LogP contribution in [0.4, 0.5) is 5.69 Å². The number of nitrogens with one attached hydrogen (secondary N) is 2. The number of sulfonamides is 1. The third-order valence-corrected chi connectivity index (χ3v) is 7.66. The largest absolute Gasteiger partial charge is 0.325 e. The molecule has 2 aromatic rings. The molecule has 162 valence electrons. The molecule has 1 aliphatic heterocycles. The summed E-state index contributed by atoms with van der Waals surface area (Å²) in [6, 6.07) is 7.65. The number of aromatic amines is 1. The van der Waals surface area contributed by atoms with Gasteiger partial charge in [0.2, 0.25) is 15.9 Å². The van der Waals surface area contributed by atoms with Crippen molar-refractivity contribution in [2.24, 2.45) is 0 Å². The van der Waals surface area contributed by atoms with Gasteiger partial charge in [-0.1, -0.05) is 25.1 Å². The molecule has 0 aliphatic carbocycles. The average Bonchev–Trinajstić information content (AvgIpc) is 3.24. The van der Waals surface area contributed by atoms with Crippen molar-refractivity contribution in [1.82, 2.24) is 14.3 Å². The van der Waals surface area contributed by atoms with Crippen LogP contribution in [0.3, 0.4) is 0 Å². The second kappa shape index (κ2) is 9.76. The fraction of sp³-hybridized carbons (Fsp3) is 0.450. The highest BCUT2D eigenvalue weighted by Gasteiger charge is 2.27. The maximum absolute atomic E-state index is 12.6. The topological polar surface area (TPSA) is 112 Å². The molecule has 0 spiro atoms. The van der Waals surface area contributed by atoms with Crippen LogP contribution in [-0.4, -0.2) is 46.9 Å². The number of hydrogen-bond donors (Lipinski definition) is 2. The number of amides is 1. The number of rotatable bonds is 8. The zero-order chi connectivity index (χ0) is 21.7. The summed E-state index contributed by atoms with van der Waals surface area (Å²) in [6.07, 6.45) is 3.33. The number of nitrogens with zero attached hydrogens (tertiary/aromatic N) is 2. The Morgan fingerprint density at radius 1 is 1.27 bits per heavy atom. The summed E-state index contributed by atoms with van der Waals surface area (Å²) in [5.41, 5.74) is 0.971. The highest BCUT2D eigenvalue weighted by atomic mass is 32.2. The van der Waals surface area contributed by atoms with Crippen LogP contribution in [0.2, 0.25) is 0 Å². The van der Waals surface area contributed by atoms with E-state index in [1.807, 2.05) is 6.92 Å². The van der Waals surface area contributed by atoms with Crippen LogP contribution in [0.5, 0.6) is 0 Å². The summed E-state index contributed by atoms with van der Waals surface area (Å²) in [4.78, 5) is 31.6. The molecule has 2 N–H and O–H groups in total. The van der Waals surface area contributed by atoms with Gasteiger partial charge in [0.15, 0.2) is 5.16 Å². The first-order chi connectivity index (χ1) is 14.3. The molecule has 3 rings (SSSR count). The fourth-order valence-electron chi connectivity index (χ4n) is 3.18. The van der Waals surface area contributed by atoms with Gasteiger partial charge in [0.25, 0.3) is 5.56 Å². The highest BCUT2D eigenvalue weighted by molar-refractivity contribution is 8.00. The number of anilines is 1. The molecule has 0 unspecified atom stereocenters. The Morgan fingerprint density at radius 3 is 2.57 bits per heavy atom. The lowest BCUT2D eigenvalue weighted by molar-refractivity contribution is -0.115. The van der Waals surface area contributed by atoms with Gasteiger partial charge in [-0.15, -0.1) is 0 Å². The van der Waals surface area contributed by atoms with Gasteiger partial charge < -0.3 is 10.3 Å². The van der Waals surface area contributed by atoms with Crippen LogP contribution in [0.25, 0.3) is 0 Å². The number of carbonyl (C=O) groups excluding carboxylic acids is 1. The summed E-state index contributed by atoms with van der Waals surface area (Å²) in [7, 11) is -3.48. The average molecular weight is 451 g/mol. The molecule has 0 bridgehead atoms. The minimum absolute atomic E-state index is 0.222. The van der Waals surface area contributed by atoms with Crippen molar-refractivity contribution in [3.05, 3.63) is 46.4 Å². The van der Waals surface area contributed by atoms with Crippen LogP contribution in [-0.2, 0) is 21.2 Å². The minimum Gasteiger partial charge on any atom is -0.325 e. The standard InChI is InChI=1S/C20H26N4O4S2/c1-3-6-16-13-18(25)23-20(22-16)29-14(2)19(26)21-15-7-9-17(10-8-15)30(27,28)24-11-4-5-12-24/h7-10,13-14H,3-6,11-12H2,1-2H3,(H,21,26)(H,22,23,25)/t14-/m1/s1. The maximum atomic E-state index is 12.6. The third kappa shape index (κ3) is 5.50. The predicted molar refractivity (Wildman–Crippen MR) is 117 cm³/mol. The van der Waals surface area contributed by atoms with Crippen LogP contribution in [0.15, 0.2) is 45.2 Å². The van der Waals surface area contributed by atoms with Crippen molar-refractivity contribution in [1.29, 1.82) is 0 Å². The first kappa shape index (κ1) is 22.5. The number of H-pyrrole nitrogens is 1. The summed E-state index contributed by atoms with van der Waals surface area (Å²) < 4.78 is 26.6. The van der Waals surface area contributed by atoms with Crippen molar-refractivity contribution in [2.45, 2.75) is 54.8 Å². The van der Waals surface area contributed by atoms with Crippen LogP contribution in [0.1, 0.15) is 38.8 Å². The zero-order valence-corrected chi connectivity index (χ0v) is 18.7. The fourth-order valence-corrected chi connectivity index (χ4v) is 5.52. The first-order valence-electron chi connectivity index (χ1n) is 9.97. The summed E-state index contributed by atoms with van der Waals surface area (Å²) in [5, 5.41) is 2.68. The zero-order valence-electron chi connectivity index (χ0n) is 17.1. The Kier molecular flexibility index (Phi) is 7.32. The lowest BCUT2D eigenvalue weighted by atomic mass is 10.2. The number of thioether (sulfide) groups is 1. The van der Waals surface area contributed by atoms with Crippen LogP contribution >= 0.6 is 11.8 Å². The minimum atomic E-state index is -3.48. The van der Waals surface area contributed by atoms with Crippen molar-refractivity contribution >= 4 is 33.4 Å². The van der Waals surface area contributed by atoms with E-state index in [9.17, 15) is 18.0 Å². The van der Waals surface area contributed by atoms with Gasteiger partial charge in [0, 0.05) is 30.5 Å². The molecular weight excluding hydrogens is 424 g/mol. The third-order valence-electron chi connectivity index (χ3n) is 4.76. The van der Waals surface area contributed by atoms with Crippen LogP contribution in [0, 0.1) is 0 Å². The quantitative estimate of drug-likeness (QED) is 0.472. The molecule has 1 aromatic carbocycles. The van der Waals surface area contributed by atoms with E-state index in [1.165, 1.54) is 34.3 Å². The van der Waals surface area contributed by atoms with Crippen molar-refractivity contribution in [3.8, 4) is 0 Å². The maximum Gasteiger partial charge on any atom is 0.251 e. The van der Waals surface area contributed by atoms with Crippen molar-refractivity contribution < 1.29 is 13.2 Å². The molecule has 1 aromatic heterocycles. The molecule has 2 heterocycles. The molecule has 1 saturated heterocycles. The van der Waals surface area contributed by atoms with E-state index < -0.39 is 15.3 Å². The first-order valence-corrected chi connectivity index (χ1v) is 12.3. The Balaban J connectivity index is 1.63. The van der Waals surface area contributed by atoms with Crippen molar-refractivity contribution in [2.75, 3.05) is 18.4 Å². The molecule has 0 saturated carbocycles. The lowest BCUT2D eigenvalue weighted by Gasteiger charge is -2.16. The Hall–Kier alpha value is -2.17. The smallest absolute Gasteiger partial charge is 0.251 e. The summed E-state index contributed by atoms with van der Waals surface area (Å²) in [6.45, 7) is 4.82. The van der Waals surface area contributed by atoms with Gasteiger partial charge in [0.05, 0.1) is 10.1 Å². The van der Waals surface area contributed by atoms with Gasteiger partial charge >= 0.3 is 0 Å². The molecule has 1 atom stereocenters. The van der Waals surface area contributed by atoms with E-state index >= 15 is 0 Å². The van der Waals surface area contributed by atoms with E-state index in [4.69, 9.17) is 0 Å². The molecular formula is C20H26N4O4S2. The van der Waals surface area contributed by atoms with E-state index in [1.54, 1.807) is 19.1 Å². The lowest BCUT2D eigenvalue weighted by Crippen LogP contribution is -2.28. The van der Waals surface area contributed by atoms with E-state index in [0.29, 0.717) is 36.0 Å². The Labute approximate surface area is 180 Å². The molecule has 1 amide bonds. The van der Waals surface area contributed by atoms with Gasteiger partial charge in [-0.3, -0.25) is 9.59 Å². The molecule has 8 nitrogen and oxygen atoms in total. The molecule has 0 radical (unpaired) electrons. The molecule has 1 fully saturated rings. The highest BCUT2D eigenvalue weighted by Crippen LogP contribution is 2.23. The number of carbonyl (C=O) groups is 1. The van der Waals surface area contributed by atoms with Gasteiger partial charge in [-0.05, 0) is 50.5 Å².